The molecule has 0 bridgehead atoms. The van der Waals surface area contributed by atoms with Gasteiger partial charge in [-0.25, -0.2) is 15.0 Å². The van der Waals surface area contributed by atoms with Crippen molar-refractivity contribution in [3.05, 3.63) is 72.3 Å². The molecule has 2 aromatic carbocycles. The van der Waals surface area contributed by atoms with E-state index in [1.165, 1.54) is 23.8 Å². The van der Waals surface area contributed by atoms with Crippen molar-refractivity contribution in [2.45, 2.75) is 30.6 Å². The molecule has 0 spiro atoms. The van der Waals surface area contributed by atoms with E-state index in [0.717, 1.165) is 11.1 Å². The molecule has 9 heteroatoms. The molecule has 0 radical (unpaired) electrons. The third kappa shape index (κ3) is 2.76. The topological polar surface area (TPSA) is 126 Å². The zero-order valence-electron chi connectivity index (χ0n) is 16.9. The van der Waals surface area contributed by atoms with Crippen LogP contribution < -0.4 is 5.32 Å². The zero-order chi connectivity index (χ0) is 21.8. The van der Waals surface area contributed by atoms with Crippen molar-refractivity contribution in [1.82, 2.24) is 19.5 Å². The van der Waals surface area contributed by atoms with Crippen LogP contribution in [0.1, 0.15) is 23.4 Å². The number of aliphatic hydroxyl groups excluding tert-OH is 3. The van der Waals surface area contributed by atoms with Crippen molar-refractivity contribution in [1.29, 1.82) is 0 Å². The molecule has 0 saturated carbocycles. The molecule has 2 aromatic heterocycles. The number of rotatable bonds is 4. The molecule has 4 N–H and O–H groups in total. The second-order valence-electron chi connectivity index (χ2n) is 8.03. The van der Waals surface area contributed by atoms with E-state index in [9.17, 15) is 15.3 Å². The van der Waals surface area contributed by atoms with Crippen LogP contribution in [0.15, 0.2) is 61.2 Å². The van der Waals surface area contributed by atoms with E-state index in [-0.39, 0.29) is 6.04 Å². The Kier molecular flexibility index (Phi) is 4.44. The summed E-state index contributed by atoms with van der Waals surface area (Å²) in [6, 6.07) is 16.4. The Balaban J connectivity index is 1.39. The van der Waals surface area contributed by atoms with Crippen LogP contribution in [0.25, 0.3) is 22.3 Å². The maximum absolute atomic E-state index is 10.4. The van der Waals surface area contributed by atoms with E-state index in [4.69, 9.17) is 4.74 Å². The first kappa shape index (κ1) is 19.3. The molecule has 1 unspecified atom stereocenters. The standard InChI is InChI=1S/C23H21N5O4/c29-9-16-19(30)20(31)23(32-16)28-11-26-18-21(24-10-25-22(18)28)27-17-14-7-3-1-5-12(14)13-6-2-4-8-15(13)17/h1-8,10-11,16-17,19-20,23,29-31H,9H2,(H,24,25,27)/t16-,19+,20?,23-/m1/s1. The minimum absolute atomic E-state index is 0.0976. The van der Waals surface area contributed by atoms with Crippen molar-refractivity contribution in [3.8, 4) is 11.1 Å². The van der Waals surface area contributed by atoms with E-state index in [1.54, 1.807) is 4.57 Å². The first-order chi connectivity index (χ1) is 15.7. The monoisotopic (exact) mass is 431 g/mol. The van der Waals surface area contributed by atoms with Gasteiger partial charge in [0.2, 0.25) is 0 Å². The van der Waals surface area contributed by atoms with Gasteiger partial charge in [0, 0.05) is 0 Å². The maximum Gasteiger partial charge on any atom is 0.167 e. The number of anilines is 1. The zero-order valence-corrected chi connectivity index (χ0v) is 16.9. The number of nitrogens with one attached hydrogen (secondary N) is 1. The Hall–Kier alpha value is -3.37. The van der Waals surface area contributed by atoms with Crippen molar-refractivity contribution < 1.29 is 20.1 Å². The van der Waals surface area contributed by atoms with Gasteiger partial charge in [-0.2, -0.15) is 0 Å². The van der Waals surface area contributed by atoms with E-state index >= 15 is 0 Å². The maximum atomic E-state index is 10.4. The highest BCUT2D eigenvalue weighted by Crippen LogP contribution is 2.45. The van der Waals surface area contributed by atoms with Crippen molar-refractivity contribution >= 4 is 17.0 Å². The molecule has 4 aromatic rings. The lowest BCUT2D eigenvalue weighted by molar-refractivity contribution is -0.0511. The quantitative estimate of drug-likeness (QED) is 0.384. The summed E-state index contributed by atoms with van der Waals surface area (Å²) in [5.74, 6) is 0.553. The second kappa shape index (κ2) is 7.35. The van der Waals surface area contributed by atoms with E-state index in [0.29, 0.717) is 17.0 Å². The first-order valence-electron chi connectivity index (χ1n) is 10.4. The third-order valence-corrected chi connectivity index (χ3v) is 6.26. The molecule has 1 saturated heterocycles. The molecule has 6 rings (SSSR count). The van der Waals surface area contributed by atoms with Gasteiger partial charge in [0.05, 0.1) is 19.0 Å². The molecule has 0 amide bonds. The molecular weight excluding hydrogens is 410 g/mol. The van der Waals surface area contributed by atoms with E-state index in [2.05, 4.69) is 44.5 Å². The third-order valence-electron chi connectivity index (χ3n) is 6.26. The van der Waals surface area contributed by atoms with Crippen LogP contribution in [0.5, 0.6) is 0 Å². The molecule has 1 aliphatic heterocycles. The average Bonchev–Trinajstić information content (AvgIpc) is 3.48. The summed E-state index contributed by atoms with van der Waals surface area (Å²) < 4.78 is 7.20. The molecule has 3 heterocycles. The summed E-state index contributed by atoms with van der Waals surface area (Å²) in [6.45, 7) is -0.399. The van der Waals surface area contributed by atoms with Crippen LogP contribution in [0.2, 0.25) is 0 Å². The summed E-state index contributed by atoms with van der Waals surface area (Å²) in [5, 5.41) is 33.4. The van der Waals surface area contributed by atoms with Gasteiger partial charge in [-0.05, 0) is 22.3 Å². The van der Waals surface area contributed by atoms with Gasteiger partial charge < -0.3 is 25.4 Å². The fourth-order valence-corrected chi connectivity index (χ4v) is 4.70. The van der Waals surface area contributed by atoms with Crippen molar-refractivity contribution in [2.24, 2.45) is 0 Å². The number of imidazole rings is 1. The second-order valence-corrected chi connectivity index (χ2v) is 8.03. The number of benzene rings is 2. The molecular formula is C23H21N5O4. The van der Waals surface area contributed by atoms with E-state index < -0.39 is 31.1 Å². The fourth-order valence-electron chi connectivity index (χ4n) is 4.70. The number of ether oxygens (including phenoxy) is 1. The van der Waals surface area contributed by atoms with Crippen LogP contribution in [0, 0.1) is 0 Å². The Morgan fingerprint density at radius 2 is 1.59 bits per heavy atom. The van der Waals surface area contributed by atoms with Gasteiger partial charge in [-0.1, -0.05) is 48.5 Å². The minimum Gasteiger partial charge on any atom is -0.394 e. The Bertz CT molecular complexity index is 1260. The number of hydrogen-bond acceptors (Lipinski definition) is 8. The molecule has 1 aliphatic carbocycles. The van der Waals surface area contributed by atoms with Crippen molar-refractivity contribution in [2.75, 3.05) is 11.9 Å². The predicted octanol–water partition coefficient (Wildman–Crippen LogP) is 1.62. The Morgan fingerprint density at radius 3 is 2.25 bits per heavy atom. The lowest BCUT2D eigenvalue weighted by Gasteiger charge is -2.18. The Labute approximate surface area is 183 Å². The number of hydrogen-bond donors (Lipinski definition) is 4. The minimum atomic E-state index is -1.22. The van der Waals surface area contributed by atoms with Gasteiger partial charge in [-0.3, -0.25) is 4.57 Å². The average molecular weight is 431 g/mol. The molecule has 162 valence electrons. The smallest absolute Gasteiger partial charge is 0.167 e. The highest BCUT2D eigenvalue weighted by Gasteiger charge is 2.44. The lowest BCUT2D eigenvalue weighted by atomic mass is 10.1. The fraction of sp³-hybridized carbons (Fsp3) is 0.261. The van der Waals surface area contributed by atoms with E-state index in [1.807, 2.05) is 24.3 Å². The van der Waals surface area contributed by atoms with Gasteiger partial charge in [0.15, 0.2) is 23.2 Å². The van der Waals surface area contributed by atoms with Gasteiger partial charge >= 0.3 is 0 Å². The number of fused-ring (bicyclic) bond motifs is 4. The van der Waals surface area contributed by atoms with Gasteiger partial charge in [-0.15, -0.1) is 0 Å². The summed E-state index contributed by atoms with van der Waals surface area (Å²) in [4.78, 5) is 13.2. The number of aromatic nitrogens is 4. The Morgan fingerprint density at radius 1 is 0.906 bits per heavy atom. The van der Waals surface area contributed by atoms with Crippen LogP contribution in [0.4, 0.5) is 5.82 Å². The highest BCUT2D eigenvalue weighted by molar-refractivity contribution is 5.85. The summed E-state index contributed by atoms with van der Waals surface area (Å²) >= 11 is 0. The lowest BCUT2D eigenvalue weighted by Crippen LogP contribution is -2.33. The predicted molar refractivity (Wildman–Crippen MR) is 116 cm³/mol. The van der Waals surface area contributed by atoms with Crippen LogP contribution in [-0.2, 0) is 4.74 Å². The number of aliphatic hydroxyl groups is 3. The van der Waals surface area contributed by atoms with Crippen molar-refractivity contribution in [3.63, 3.8) is 0 Å². The van der Waals surface area contributed by atoms with Crippen LogP contribution >= 0.6 is 0 Å². The van der Waals surface area contributed by atoms with Gasteiger partial charge in [0.25, 0.3) is 0 Å². The highest BCUT2D eigenvalue weighted by atomic mass is 16.6. The SMILES string of the molecule is OC[C@H]1O[C@@H](n2cnc3c(NC4c5ccccc5-c5ccccc54)ncnc32)C(O)[C@H]1O. The molecule has 4 atom stereocenters. The van der Waals surface area contributed by atoms with Crippen LogP contribution in [-0.4, -0.2) is 59.8 Å². The van der Waals surface area contributed by atoms with Gasteiger partial charge in [0.1, 0.15) is 24.6 Å². The first-order valence-corrected chi connectivity index (χ1v) is 10.4. The molecule has 32 heavy (non-hydrogen) atoms. The molecule has 1 fully saturated rings. The summed E-state index contributed by atoms with van der Waals surface area (Å²) in [5.41, 5.74) is 5.65. The number of nitrogens with zero attached hydrogens (tertiary/aromatic N) is 4. The largest absolute Gasteiger partial charge is 0.394 e. The normalized spacial score (nSPS) is 24.6. The molecule has 2 aliphatic rings. The summed E-state index contributed by atoms with van der Waals surface area (Å²) in [7, 11) is 0. The summed E-state index contributed by atoms with van der Waals surface area (Å²) in [6.07, 6.45) is -1.28. The molecule has 9 nitrogen and oxygen atoms in total. The van der Waals surface area contributed by atoms with Crippen LogP contribution in [0.3, 0.4) is 0 Å².